The molecule has 1 aromatic heterocycles. The van der Waals surface area contributed by atoms with Crippen molar-refractivity contribution in [3.8, 4) is 17.2 Å². The fourth-order valence-corrected chi connectivity index (χ4v) is 4.53. The number of fused-ring (bicyclic) bond motifs is 3. The molecule has 9 heteroatoms. The molecule has 0 saturated carbocycles. The normalized spacial score (nSPS) is 16.8. The average molecular weight is 452 g/mol. The Morgan fingerprint density at radius 2 is 1.88 bits per heavy atom. The average Bonchev–Trinajstić information content (AvgIpc) is 3.29. The lowest BCUT2D eigenvalue weighted by Crippen LogP contribution is -2.28. The minimum atomic E-state index is -5.13. The first-order valence-corrected chi connectivity index (χ1v) is 11.0. The summed E-state index contributed by atoms with van der Waals surface area (Å²) in [4.78, 5) is 18.6. The van der Waals surface area contributed by atoms with Crippen LogP contribution in [-0.4, -0.2) is 55.4 Å². The topological polar surface area (TPSA) is 60.9 Å². The monoisotopic (exact) mass is 452 g/mol. The molecule has 1 fully saturated rings. The number of esters is 1. The summed E-state index contributed by atoms with van der Waals surface area (Å²) in [6.07, 6.45) is 3.10. The number of ether oxygens (including phenoxy) is 3. The molecule has 2 heterocycles. The van der Waals surface area contributed by atoms with Gasteiger partial charge in [-0.3, -0.25) is 4.98 Å². The number of carbonyl (C=O) groups excluding carboxylic acids is 1. The summed E-state index contributed by atoms with van der Waals surface area (Å²) in [5.41, 5.74) is 2.23. The molecule has 0 amide bonds. The highest BCUT2D eigenvalue weighted by molar-refractivity contribution is 5.96. The van der Waals surface area contributed by atoms with Gasteiger partial charge >= 0.3 is 12.1 Å². The second kappa shape index (κ2) is 9.52. The van der Waals surface area contributed by atoms with Gasteiger partial charge in [0, 0.05) is 18.8 Å². The van der Waals surface area contributed by atoms with E-state index < -0.39 is 12.1 Å². The Hall–Kier alpha value is -2.55. The van der Waals surface area contributed by atoms with Crippen molar-refractivity contribution in [1.29, 1.82) is 0 Å². The van der Waals surface area contributed by atoms with Crippen LogP contribution in [0.4, 0.5) is 13.2 Å². The van der Waals surface area contributed by atoms with Gasteiger partial charge in [-0.15, -0.1) is 0 Å². The highest BCUT2D eigenvalue weighted by Crippen LogP contribution is 2.46. The molecule has 2 aromatic rings. The van der Waals surface area contributed by atoms with Crippen LogP contribution in [0.5, 0.6) is 17.2 Å². The highest BCUT2D eigenvalue weighted by Gasteiger charge is 2.42. The van der Waals surface area contributed by atoms with Gasteiger partial charge in [0.2, 0.25) is 5.75 Å². The fraction of sp³-hybridized carbons (Fsp3) is 0.565. The van der Waals surface area contributed by atoms with Gasteiger partial charge in [0.05, 0.1) is 24.6 Å². The molecule has 0 bridgehead atoms. The van der Waals surface area contributed by atoms with Gasteiger partial charge in [-0.25, -0.2) is 4.79 Å². The van der Waals surface area contributed by atoms with E-state index in [-0.39, 0.29) is 17.2 Å². The van der Waals surface area contributed by atoms with E-state index in [4.69, 9.17) is 14.2 Å². The third kappa shape index (κ3) is 4.77. The standard InChI is InChI=1S/C23H27F3N2O4/c1-30-20-18(31-12-6-11-28-9-4-5-10-28)13-17-19(21(20)32-22(29)23(24,25)26)16-8-3-2-7-15(16)14-27-17/h13-14H,2-12H2,1H3. The zero-order chi connectivity index (χ0) is 22.7. The van der Waals surface area contributed by atoms with Crippen molar-refractivity contribution in [2.24, 2.45) is 0 Å². The summed E-state index contributed by atoms with van der Waals surface area (Å²) >= 11 is 0. The largest absolute Gasteiger partial charge is 0.491 e. The SMILES string of the molecule is COc1c(OCCCN2CCCC2)cc2ncc3c(c2c1OC(=O)C(F)(F)F)CCCC3. The molecule has 1 aliphatic carbocycles. The van der Waals surface area contributed by atoms with Crippen LogP contribution in [0.25, 0.3) is 10.9 Å². The summed E-state index contributed by atoms with van der Waals surface area (Å²) in [5, 5.41) is 0.390. The van der Waals surface area contributed by atoms with Gasteiger partial charge in [-0.05, 0) is 69.2 Å². The maximum absolute atomic E-state index is 13.0. The number of hydrogen-bond acceptors (Lipinski definition) is 6. The number of aryl methyl sites for hydroxylation is 2. The van der Waals surface area contributed by atoms with Gasteiger partial charge in [0.1, 0.15) is 0 Å². The first-order valence-electron chi connectivity index (χ1n) is 11.0. The molecular weight excluding hydrogens is 425 g/mol. The van der Waals surface area contributed by atoms with Crippen LogP contribution in [0.2, 0.25) is 0 Å². The maximum Gasteiger partial charge on any atom is 0.491 e. The van der Waals surface area contributed by atoms with Crippen LogP contribution in [0.3, 0.4) is 0 Å². The van der Waals surface area contributed by atoms with E-state index in [1.807, 2.05) is 0 Å². The zero-order valence-electron chi connectivity index (χ0n) is 18.1. The number of benzene rings is 1. The number of pyridine rings is 1. The van der Waals surface area contributed by atoms with Crippen LogP contribution < -0.4 is 14.2 Å². The summed E-state index contributed by atoms with van der Waals surface area (Å²) in [5.74, 6) is -2.36. The van der Waals surface area contributed by atoms with E-state index >= 15 is 0 Å². The summed E-state index contributed by atoms with van der Waals surface area (Å²) in [6.45, 7) is 3.39. The molecule has 0 N–H and O–H groups in total. The first-order chi connectivity index (χ1) is 15.4. The Morgan fingerprint density at radius 1 is 1.12 bits per heavy atom. The number of carbonyl (C=O) groups is 1. The number of methoxy groups -OCH3 is 1. The molecule has 1 aliphatic heterocycles. The molecule has 0 radical (unpaired) electrons. The molecule has 1 aromatic carbocycles. The summed E-state index contributed by atoms with van der Waals surface area (Å²) < 4.78 is 55.3. The summed E-state index contributed by atoms with van der Waals surface area (Å²) in [6, 6.07) is 1.66. The predicted octanol–water partition coefficient (Wildman–Crippen LogP) is 4.45. The molecule has 32 heavy (non-hydrogen) atoms. The Labute approximate surface area is 184 Å². The molecule has 0 spiro atoms. The van der Waals surface area contributed by atoms with Crippen molar-refractivity contribution in [1.82, 2.24) is 9.88 Å². The van der Waals surface area contributed by atoms with E-state index in [2.05, 4.69) is 9.88 Å². The third-order valence-corrected chi connectivity index (χ3v) is 6.06. The Kier molecular flexibility index (Phi) is 6.74. The quantitative estimate of drug-likeness (QED) is 0.351. The highest BCUT2D eigenvalue weighted by atomic mass is 19.4. The van der Waals surface area contributed by atoms with Crippen molar-refractivity contribution in [2.45, 2.75) is 51.1 Å². The number of alkyl halides is 3. The van der Waals surface area contributed by atoms with Crippen LogP contribution in [0, 0.1) is 0 Å². The Balaban J connectivity index is 1.69. The number of likely N-dealkylation sites (tertiary alicyclic amines) is 1. The van der Waals surface area contributed by atoms with Crippen molar-refractivity contribution >= 4 is 16.9 Å². The molecule has 4 rings (SSSR count). The Morgan fingerprint density at radius 3 is 2.59 bits per heavy atom. The Bertz CT molecular complexity index is 988. The molecule has 0 unspecified atom stereocenters. The molecule has 2 aliphatic rings. The van der Waals surface area contributed by atoms with Crippen LogP contribution >= 0.6 is 0 Å². The number of nitrogens with zero attached hydrogens (tertiary/aromatic N) is 2. The lowest BCUT2D eigenvalue weighted by molar-refractivity contribution is -0.189. The minimum Gasteiger partial charge on any atom is -0.490 e. The minimum absolute atomic E-state index is 0.0166. The molecule has 1 saturated heterocycles. The van der Waals surface area contributed by atoms with E-state index in [9.17, 15) is 18.0 Å². The number of aromatic nitrogens is 1. The van der Waals surface area contributed by atoms with E-state index in [1.54, 1.807) is 12.3 Å². The molecule has 174 valence electrons. The van der Waals surface area contributed by atoms with E-state index in [1.165, 1.54) is 20.0 Å². The number of hydrogen-bond donors (Lipinski definition) is 0. The predicted molar refractivity (Wildman–Crippen MR) is 112 cm³/mol. The van der Waals surface area contributed by atoms with Crippen molar-refractivity contribution in [3.63, 3.8) is 0 Å². The third-order valence-electron chi connectivity index (χ3n) is 6.06. The van der Waals surface area contributed by atoms with Crippen molar-refractivity contribution in [3.05, 3.63) is 23.4 Å². The zero-order valence-corrected chi connectivity index (χ0v) is 18.1. The first kappa shape index (κ1) is 22.6. The molecule has 6 nitrogen and oxygen atoms in total. The number of rotatable bonds is 7. The van der Waals surface area contributed by atoms with Crippen molar-refractivity contribution in [2.75, 3.05) is 33.4 Å². The van der Waals surface area contributed by atoms with Gasteiger partial charge < -0.3 is 19.1 Å². The van der Waals surface area contributed by atoms with Gasteiger partial charge in [0.15, 0.2) is 11.5 Å². The fourth-order valence-electron chi connectivity index (χ4n) is 4.53. The lowest BCUT2D eigenvalue weighted by atomic mass is 9.89. The van der Waals surface area contributed by atoms with E-state index in [0.29, 0.717) is 23.9 Å². The van der Waals surface area contributed by atoms with Gasteiger partial charge in [-0.1, -0.05) is 0 Å². The van der Waals surface area contributed by atoms with Gasteiger partial charge in [-0.2, -0.15) is 13.2 Å². The van der Waals surface area contributed by atoms with Crippen LogP contribution in [-0.2, 0) is 17.6 Å². The van der Waals surface area contributed by atoms with Crippen molar-refractivity contribution < 1.29 is 32.2 Å². The van der Waals surface area contributed by atoms with Crippen LogP contribution in [0.1, 0.15) is 43.2 Å². The van der Waals surface area contributed by atoms with E-state index in [0.717, 1.165) is 56.4 Å². The molecule has 0 atom stereocenters. The smallest absolute Gasteiger partial charge is 0.490 e. The van der Waals surface area contributed by atoms with Crippen LogP contribution in [0.15, 0.2) is 12.3 Å². The van der Waals surface area contributed by atoms with Gasteiger partial charge in [0.25, 0.3) is 0 Å². The molecular formula is C23H27F3N2O4. The number of halogens is 3. The second-order valence-electron chi connectivity index (χ2n) is 8.24. The summed E-state index contributed by atoms with van der Waals surface area (Å²) in [7, 11) is 1.33. The maximum atomic E-state index is 13.0. The second-order valence-corrected chi connectivity index (χ2v) is 8.24. The lowest BCUT2D eigenvalue weighted by Gasteiger charge is -2.22.